The summed E-state index contributed by atoms with van der Waals surface area (Å²) >= 11 is 0. The fourth-order valence-corrected chi connectivity index (χ4v) is 2.94. The minimum absolute atomic E-state index is 0.487. The Morgan fingerprint density at radius 2 is 2.25 bits per heavy atom. The van der Waals surface area contributed by atoms with Crippen molar-refractivity contribution in [2.45, 2.75) is 51.2 Å². The molecule has 0 aromatic carbocycles. The lowest BCUT2D eigenvalue weighted by Gasteiger charge is -2.23. The van der Waals surface area contributed by atoms with E-state index in [1.165, 1.54) is 45.2 Å². The third kappa shape index (κ3) is 3.44. The average Bonchev–Trinajstić information content (AvgIpc) is 2.95. The lowest BCUT2D eigenvalue weighted by molar-refractivity contribution is 0.109. The van der Waals surface area contributed by atoms with Crippen LogP contribution in [0.1, 0.15) is 39.0 Å². The van der Waals surface area contributed by atoms with Gasteiger partial charge in [-0.1, -0.05) is 6.92 Å². The standard InChI is InChI=1S/C13H26N2O/c1-2-12-5-3-8-15(12)9-7-14-11-13-6-4-10-16-13/h12-14H,2-11H2,1H3. The second-order valence-electron chi connectivity index (χ2n) is 5.08. The summed E-state index contributed by atoms with van der Waals surface area (Å²) in [6.07, 6.45) is 7.09. The highest BCUT2D eigenvalue weighted by Crippen LogP contribution is 2.18. The zero-order chi connectivity index (χ0) is 11.2. The lowest BCUT2D eigenvalue weighted by Crippen LogP contribution is -2.37. The molecule has 2 aliphatic heterocycles. The Morgan fingerprint density at radius 1 is 1.31 bits per heavy atom. The van der Waals surface area contributed by atoms with Crippen molar-refractivity contribution >= 4 is 0 Å². The Bertz CT molecular complexity index is 192. The summed E-state index contributed by atoms with van der Waals surface area (Å²) in [5.41, 5.74) is 0. The first-order chi connectivity index (χ1) is 7.90. The second kappa shape index (κ2) is 6.58. The summed E-state index contributed by atoms with van der Waals surface area (Å²) in [5, 5.41) is 3.53. The molecule has 16 heavy (non-hydrogen) atoms. The third-order valence-electron chi connectivity index (χ3n) is 3.94. The Hall–Kier alpha value is -0.120. The highest BCUT2D eigenvalue weighted by Gasteiger charge is 2.22. The molecule has 1 N–H and O–H groups in total. The van der Waals surface area contributed by atoms with E-state index in [9.17, 15) is 0 Å². The first-order valence-corrected chi connectivity index (χ1v) is 6.96. The van der Waals surface area contributed by atoms with E-state index in [2.05, 4.69) is 17.1 Å². The Balaban J connectivity index is 1.53. The molecule has 0 spiro atoms. The van der Waals surface area contributed by atoms with Gasteiger partial charge in [0, 0.05) is 32.3 Å². The van der Waals surface area contributed by atoms with Crippen LogP contribution >= 0.6 is 0 Å². The van der Waals surface area contributed by atoms with E-state index in [1.54, 1.807) is 0 Å². The summed E-state index contributed by atoms with van der Waals surface area (Å²) in [5.74, 6) is 0. The van der Waals surface area contributed by atoms with Crippen molar-refractivity contribution < 1.29 is 4.74 Å². The molecule has 2 aliphatic rings. The minimum Gasteiger partial charge on any atom is -0.377 e. The SMILES string of the molecule is CCC1CCCN1CCNCC1CCCO1. The number of likely N-dealkylation sites (tertiary alicyclic amines) is 1. The average molecular weight is 226 g/mol. The minimum atomic E-state index is 0.487. The number of rotatable bonds is 6. The van der Waals surface area contributed by atoms with Gasteiger partial charge in [-0.05, 0) is 38.6 Å². The van der Waals surface area contributed by atoms with E-state index in [0.29, 0.717) is 6.10 Å². The van der Waals surface area contributed by atoms with E-state index in [0.717, 1.165) is 25.7 Å². The maximum absolute atomic E-state index is 5.59. The van der Waals surface area contributed by atoms with Gasteiger partial charge in [0.15, 0.2) is 0 Å². The zero-order valence-corrected chi connectivity index (χ0v) is 10.6. The normalized spacial score (nSPS) is 31.3. The molecular formula is C13H26N2O. The van der Waals surface area contributed by atoms with Gasteiger partial charge in [-0.15, -0.1) is 0 Å². The number of ether oxygens (including phenoxy) is 1. The molecule has 2 unspecified atom stereocenters. The van der Waals surface area contributed by atoms with Crippen molar-refractivity contribution in [2.24, 2.45) is 0 Å². The molecule has 0 radical (unpaired) electrons. The Labute approximate surface area is 99.5 Å². The van der Waals surface area contributed by atoms with E-state index in [-0.39, 0.29) is 0 Å². The molecule has 0 aromatic heterocycles. The summed E-state index contributed by atoms with van der Waals surface area (Å²) in [6, 6.07) is 0.851. The fraction of sp³-hybridized carbons (Fsp3) is 1.00. The molecule has 0 aliphatic carbocycles. The van der Waals surface area contributed by atoms with Crippen LogP contribution in [0, 0.1) is 0 Å². The van der Waals surface area contributed by atoms with E-state index in [1.807, 2.05) is 0 Å². The quantitative estimate of drug-likeness (QED) is 0.697. The molecular weight excluding hydrogens is 200 g/mol. The zero-order valence-electron chi connectivity index (χ0n) is 10.6. The molecule has 3 heteroatoms. The molecule has 2 atom stereocenters. The summed E-state index contributed by atoms with van der Waals surface area (Å²) in [6.45, 7) is 7.96. The molecule has 0 bridgehead atoms. The number of nitrogens with one attached hydrogen (secondary N) is 1. The van der Waals surface area contributed by atoms with Crippen LogP contribution in [0.4, 0.5) is 0 Å². The molecule has 0 amide bonds. The van der Waals surface area contributed by atoms with Crippen molar-refractivity contribution in [3.05, 3.63) is 0 Å². The summed E-state index contributed by atoms with van der Waals surface area (Å²) < 4.78 is 5.59. The van der Waals surface area contributed by atoms with Crippen molar-refractivity contribution in [3.63, 3.8) is 0 Å². The molecule has 2 rings (SSSR count). The van der Waals surface area contributed by atoms with Crippen LogP contribution in [-0.4, -0.2) is 49.8 Å². The lowest BCUT2D eigenvalue weighted by atomic mass is 10.2. The van der Waals surface area contributed by atoms with Gasteiger partial charge in [0.1, 0.15) is 0 Å². The van der Waals surface area contributed by atoms with Crippen molar-refractivity contribution in [3.8, 4) is 0 Å². The molecule has 3 nitrogen and oxygen atoms in total. The monoisotopic (exact) mass is 226 g/mol. The van der Waals surface area contributed by atoms with Gasteiger partial charge in [-0.25, -0.2) is 0 Å². The van der Waals surface area contributed by atoms with Crippen molar-refractivity contribution in [1.82, 2.24) is 10.2 Å². The van der Waals surface area contributed by atoms with Crippen LogP contribution in [0.25, 0.3) is 0 Å². The molecule has 2 saturated heterocycles. The van der Waals surface area contributed by atoms with E-state index >= 15 is 0 Å². The van der Waals surface area contributed by atoms with E-state index < -0.39 is 0 Å². The first kappa shape index (κ1) is 12.3. The predicted molar refractivity (Wildman–Crippen MR) is 66.7 cm³/mol. The van der Waals surface area contributed by atoms with Gasteiger partial charge in [0.05, 0.1) is 6.10 Å². The van der Waals surface area contributed by atoms with Gasteiger partial charge in [-0.3, -0.25) is 4.90 Å². The van der Waals surface area contributed by atoms with Crippen LogP contribution in [0.15, 0.2) is 0 Å². The van der Waals surface area contributed by atoms with Gasteiger partial charge in [0.25, 0.3) is 0 Å². The number of nitrogens with zero attached hydrogens (tertiary/aromatic N) is 1. The third-order valence-corrected chi connectivity index (χ3v) is 3.94. The topological polar surface area (TPSA) is 24.5 Å². The van der Waals surface area contributed by atoms with Crippen molar-refractivity contribution in [1.29, 1.82) is 0 Å². The van der Waals surface area contributed by atoms with Crippen LogP contribution in [0.5, 0.6) is 0 Å². The molecule has 2 heterocycles. The van der Waals surface area contributed by atoms with Gasteiger partial charge < -0.3 is 10.1 Å². The van der Waals surface area contributed by atoms with E-state index in [4.69, 9.17) is 4.74 Å². The van der Waals surface area contributed by atoms with Gasteiger partial charge in [0.2, 0.25) is 0 Å². The molecule has 0 saturated carbocycles. The smallest absolute Gasteiger partial charge is 0.0700 e. The van der Waals surface area contributed by atoms with Crippen LogP contribution < -0.4 is 5.32 Å². The molecule has 0 aromatic rings. The van der Waals surface area contributed by atoms with Gasteiger partial charge >= 0.3 is 0 Å². The molecule has 2 fully saturated rings. The highest BCUT2D eigenvalue weighted by molar-refractivity contribution is 4.78. The van der Waals surface area contributed by atoms with Crippen LogP contribution in [0.3, 0.4) is 0 Å². The van der Waals surface area contributed by atoms with Crippen LogP contribution in [-0.2, 0) is 4.74 Å². The Morgan fingerprint density at radius 3 is 3.00 bits per heavy atom. The maximum Gasteiger partial charge on any atom is 0.0700 e. The number of hydrogen-bond acceptors (Lipinski definition) is 3. The number of hydrogen-bond donors (Lipinski definition) is 1. The predicted octanol–water partition coefficient (Wildman–Crippen LogP) is 1.63. The highest BCUT2D eigenvalue weighted by atomic mass is 16.5. The fourth-order valence-electron chi connectivity index (χ4n) is 2.94. The van der Waals surface area contributed by atoms with Crippen LogP contribution in [0.2, 0.25) is 0 Å². The largest absolute Gasteiger partial charge is 0.377 e. The van der Waals surface area contributed by atoms with Gasteiger partial charge in [-0.2, -0.15) is 0 Å². The second-order valence-corrected chi connectivity index (χ2v) is 5.08. The maximum atomic E-state index is 5.59. The molecule has 94 valence electrons. The summed E-state index contributed by atoms with van der Waals surface area (Å²) in [4.78, 5) is 2.64. The summed E-state index contributed by atoms with van der Waals surface area (Å²) in [7, 11) is 0. The first-order valence-electron chi connectivity index (χ1n) is 6.96. The van der Waals surface area contributed by atoms with Crippen molar-refractivity contribution in [2.75, 3.05) is 32.8 Å². The Kier molecular flexibility index (Phi) is 5.07.